The predicted molar refractivity (Wildman–Crippen MR) is 88.8 cm³/mol. The molecule has 20 heavy (non-hydrogen) atoms. The van der Waals surface area contributed by atoms with Gasteiger partial charge in [0.25, 0.3) is 0 Å². The Morgan fingerprint density at radius 2 is 1.65 bits per heavy atom. The quantitative estimate of drug-likeness (QED) is 0.742. The van der Waals surface area contributed by atoms with Gasteiger partial charge in [-0.05, 0) is 36.3 Å². The van der Waals surface area contributed by atoms with Crippen LogP contribution in [0.25, 0.3) is 0 Å². The van der Waals surface area contributed by atoms with E-state index in [0.29, 0.717) is 12.6 Å². The molecule has 1 rings (SSSR count). The standard InChI is InChI=1S/C18H32N2/c1-5-18(6-2)20(14-15(3)4)12-11-16-9-7-8-10-17(16)13-19/h7-10,15,18H,5-6,11-14,19H2,1-4H3. The van der Waals surface area contributed by atoms with E-state index < -0.39 is 0 Å². The Morgan fingerprint density at radius 3 is 2.15 bits per heavy atom. The maximum Gasteiger partial charge on any atom is 0.0180 e. The molecule has 0 aliphatic heterocycles. The van der Waals surface area contributed by atoms with E-state index in [2.05, 4.69) is 56.9 Å². The normalized spacial score (nSPS) is 11.8. The Labute approximate surface area is 125 Å². The summed E-state index contributed by atoms with van der Waals surface area (Å²) in [5.74, 6) is 0.723. The molecule has 0 bridgehead atoms. The number of nitrogens with two attached hydrogens (primary N) is 1. The van der Waals surface area contributed by atoms with E-state index >= 15 is 0 Å². The molecule has 0 aromatic heterocycles. The van der Waals surface area contributed by atoms with E-state index in [1.807, 2.05) is 0 Å². The number of benzene rings is 1. The van der Waals surface area contributed by atoms with Crippen LogP contribution in [-0.2, 0) is 13.0 Å². The van der Waals surface area contributed by atoms with E-state index in [4.69, 9.17) is 5.73 Å². The highest BCUT2D eigenvalue weighted by Crippen LogP contribution is 2.15. The van der Waals surface area contributed by atoms with Crippen molar-refractivity contribution in [2.24, 2.45) is 11.7 Å². The second-order valence-electron chi connectivity index (χ2n) is 6.08. The van der Waals surface area contributed by atoms with Gasteiger partial charge in [-0.15, -0.1) is 0 Å². The molecule has 2 nitrogen and oxygen atoms in total. The van der Waals surface area contributed by atoms with Gasteiger partial charge in [0.2, 0.25) is 0 Å². The van der Waals surface area contributed by atoms with Crippen LogP contribution in [0.3, 0.4) is 0 Å². The van der Waals surface area contributed by atoms with Gasteiger partial charge in [-0.25, -0.2) is 0 Å². The van der Waals surface area contributed by atoms with Crippen molar-refractivity contribution >= 4 is 0 Å². The molecule has 1 aromatic carbocycles. The fourth-order valence-electron chi connectivity index (χ4n) is 2.96. The summed E-state index contributed by atoms with van der Waals surface area (Å²) in [4.78, 5) is 2.66. The van der Waals surface area contributed by atoms with Gasteiger partial charge in [-0.1, -0.05) is 52.0 Å². The first kappa shape index (κ1) is 17.2. The van der Waals surface area contributed by atoms with Crippen molar-refractivity contribution in [2.45, 2.75) is 59.5 Å². The van der Waals surface area contributed by atoms with Crippen LogP contribution in [-0.4, -0.2) is 24.0 Å². The van der Waals surface area contributed by atoms with Crippen molar-refractivity contribution in [1.82, 2.24) is 4.90 Å². The van der Waals surface area contributed by atoms with E-state index in [-0.39, 0.29) is 0 Å². The van der Waals surface area contributed by atoms with Gasteiger partial charge in [0, 0.05) is 25.7 Å². The Bertz CT molecular complexity index is 369. The van der Waals surface area contributed by atoms with Gasteiger partial charge < -0.3 is 5.73 Å². The molecule has 2 heteroatoms. The zero-order chi connectivity index (χ0) is 15.0. The topological polar surface area (TPSA) is 29.3 Å². The lowest BCUT2D eigenvalue weighted by molar-refractivity contribution is 0.167. The Morgan fingerprint density at radius 1 is 1.05 bits per heavy atom. The highest BCUT2D eigenvalue weighted by atomic mass is 15.1. The lowest BCUT2D eigenvalue weighted by Crippen LogP contribution is -2.38. The molecule has 0 aliphatic rings. The fourth-order valence-corrected chi connectivity index (χ4v) is 2.96. The fraction of sp³-hybridized carbons (Fsp3) is 0.667. The Kier molecular flexibility index (Phi) is 7.86. The van der Waals surface area contributed by atoms with Crippen LogP contribution in [0.2, 0.25) is 0 Å². The van der Waals surface area contributed by atoms with E-state index in [9.17, 15) is 0 Å². The first-order valence-corrected chi connectivity index (χ1v) is 8.13. The largest absolute Gasteiger partial charge is 0.326 e. The van der Waals surface area contributed by atoms with E-state index in [1.165, 1.54) is 30.5 Å². The zero-order valence-corrected chi connectivity index (χ0v) is 13.7. The SMILES string of the molecule is CCC(CC)N(CCc1ccccc1CN)CC(C)C. The summed E-state index contributed by atoms with van der Waals surface area (Å²) in [5, 5.41) is 0. The summed E-state index contributed by atoms with van der Waals surface area (Å²) in [6.07, 6.45) is 3.58. The molecule has 0 unspecified atom stereocenters. The van der Waals surface area contributed by atoms with Crippen molar-refractivity contribution in [2.75, 3.05) is 13.1 Å². The molecular weight excluding hydrogens is 244 g/mol. The highest BCUT2D eigenvalue weighted by molar-refractivity contribution is 5.27. The lowest BCUT2D eigenvalue weighted by atomic mass is 10.0. The molecule has 0 atom stereocenters. The second kappa shape index (κ2) is 9.15. The van der Waals surface area contributed by atoms with Crippen molar-refractivity contribution in [3.63, 3.8) is 0 Å². The van der Waals surface area contributed by atoms with Gasteiger partial charge in [0.15, 0.2) is 0 Å². The minimum atomic E-state index is 0.644. The lowest BCUT2D eigenvalue weighted by Gasteiger charge is -2.32. The van der Waals surface area contributed by atoms with Gasteiger partial charge in [0.05, 0.1) is 0 Å². The summed E-state index contributed by atoms with van der Waals surface area (Å²) >= 11 is 0. The molecule has 1 aromatic rings. The summed E-state index contributed by atoms with van der Waals surface area (Å²) in [7, 11) is 0. The van der Waals surface area contributed by atoms with E-state index in [0.717, 1.165) is 18.9 Å². The van der Waals surface area contributed by atoms with Crippen LogP contribution in [0.15, 0.2) is 24.3 Å². The third-order valence-electron chi connectivity index (χ3n) is 4.07. The maximum atomic E-state index is 5.84. The average Bonchev–Trinajstić information content (AvgIpc) is 2.45. The molecule has 0 saturated carbocycles. The molecular formula is C18H32N2. The van der Waals surface area contributed by atoms with Gasteiger partial charge in [-0.3, -0.25) is 4.90 Å². The average molecular weight is 276 g/mol. The van der Waals surface area contributed by atoms with Crippen LogP contribution < -0.4 is 5.73 Å². The van der Waals surface area contributed by atoms with Crippen molar-refractivity contribution in [1.29, 1.82) is 0 Å². The van der Waals surface area contributed by atoms with Crippen LogP contribution in [0.1, 0.15) is 51.7 Å². The smallest absolute Gasteiger partial charge is 0.0180 e. The molecule has 0 heterocycles. The summed E-state index contributed by atoms with van der Waals surface area (Å²) in [6.45, 7) is 12.2. The Hall–Kier alpha value is -0.860. The molecule has 0 radical (unpaired) electrons. The highest BCUT2D eigenvalue weighted by Gasteiger charge is 2.16. The van der Waals surface area contributed by atoms with Crippen molar-refractivity contribution in [3.05, 3.63) is 35.4 Å². The third kappa shape index (κ3) is 5.26. The summed E-state index contributed by atoms with van der Waals surface area (Å²) < 4.78 is 0. The maximum absolute atomic E-state index is 5.84. The molecule has 0 spiro atoms. The molecule has 0 amide bonds. The zero-order valence-electron chi connectivity index (χ0n) is 13.7. The molecule has 114 valence electrons. The van der Waals surface area contributed by atoms with E-state index in [1.54, 1.807) is 0 Å². The minimum Gasteiger partial charge on any atom is -0.326 e. The minimum absolute atomic E-state index is 0.644. The monoisotopic (exact) mass is 276 g/mol. The first-order chi connectivity index (χ1) is 9.62. The van der Waals surface area contributed by atoms with Gasteiger partial charge in [0.1, 0.15) is 0 Å². The number of nitrogens with zero attached hydrogens (tertiary/aromatic N) is 1. The number of hydrogen-bond acceptors (Lipinski definition) is 2. The number of rotatable bonds is 9. The predicted octanol–water partition coefficient (Wildman–Crippen LogP) is 3.83. The van der Waals surface area contributed by atoms with Crippen LogP contribution >= 0.6 is 0 Å². The van der Waals surface area contributed by atoms with Crippen LogP contribution in [0.4, 0.5) is 0 Å². The third-order valence-corrected chi connectivity index (χ3v) is 4.07. The molecule has 0 fully saturated rings. The first-order valence-electron chi connectivity index (χ1n) is 8.13. The van der Waals surface area contributed by atoms with Gasteiger partial charge in [-0.2, -0.15) is 0 Å². The molecule has 0 saturated heterocycles. The molecule has 2 N–H and O–H groups in total. The van der Waals surface area contributed by atoms with Crippen LogP contribution in [0, 0.1) is 5.92 Å². The number of hydrogen-bond donors (Lipinski definition) is 1. The second-order valence-corrected chi connectivity index (χ2v) is 6.08. The Balaban J connectivity index is 2.69. The molecule has 0 aliphatic carbocycles. The van der Waals surface area contributed by atoms with Crippen LogP contribution in [0.5, 0.6) is 0 Å². The van der Waals surface area contributed by atoms with Crippen molar-refractivity contribution < 1.29 is 0 Å². The van der Waals surface area contributed by atoms with Crippen molar-refractivity contribution in [3.8, 4) is 0 Å². The van der Waals surface area contributed by atoms with Gasteiger partial charge >= 0.3 is 0 Å². The summed E-state index contributed by atoms with van der Waals surface area (Å²) in [5.41, 5.74) is 8.54. The summed E-state index contributed by atoms with van der Waals surface area (Å²) in [6, 6.07) is 9.29.